The molecule has 0 spiro atoms. The Morgan fingerprint density at radius 1 is 1.07 bits per heavy atom. The van der Waals surface area contributed by atoms with Crippen molar-refractivity contribution in [1.82, 2.24) is 4.90 Å². The number of hydrogen-bond acceptors (Lipinski definition) is 5. The summed E-state index contributed by atoms with van der Waals surface area (Å²) in [6.45, 7) is -0.656. The van der Waals surface area contributed by atoms with Crippen LogP contribution in [0.25, 0.3) is 0 Å². The lowest BCUT2D eigenvalue weighted by atomic mass is 10.2. The standard InChI is InChI=1S/C17H14ClF3N4O4/c1-24(8-15(27)23-12-5-4-11(19)16(20)17(12)21)7-14(26)22-9-2-3-10(18)13(6-9)25(28)29/h2-6H,7-8H2,1H3,(H,22,26)(H,23,27). The van der Waals surface area contributed by atoms with E-state index in [1.165, 1.54) is 24.1 Å². The number of benzene rings is 2. The summed E-state index contributed by atoms with van der Waals surface area (Å²) < 4.78 is 39.6. The zero-order valence-corrected chi connectivity index (χ0v) is 15.6. The number of nitrogens with zero attached hydrogens (tertiary/aromatic N) is 2. The highest BCUT2D eigenvalue weighted by atomic mass is 35.5. The van der Waals surface area contributed by atoms with Crippen molar-refractivity contribution < 1.29 is 27.7 Å². The Bertz CT molecular complexity index is 974. The Hall–Kier alpha value is -3.18. The molecule has 0 saturated carbocycles. The Morgan fingerprint density at radius 2 is 1.69 bits per heavy atom. The van der Waals surface area contributed by atoms with Crippen LogP contribution in [-0.4, -0.2) is 41.8 Å². The molecular weight excluding hydrogens is 417 g/mol. The SMILES string of the molecule is CN(CC(=O)Nc1ccc(Cl)c([N+](=O)[O-])c1)CC(=O)Nc1ccc(F)c(F)c1F. The molecule has 2 aromatic rings. The van der Waals surface area contributed by atoms with Crippen LogP contribution in [0.2, 0.25) is 5.02 Å². The molecule has 12 heteroatoms. The van der Waals surface area contributed by atoms with Crippen LogP contribution in [0.3, 0.4) is 0 Å². The lowest BCUT2D eigenvalue weighted by Crippen LogP contribution is -2.36. The first-order valence-corrected chi connectivity index (χ1v) is 8.32. The van der Waals surface area contributed by atoms with Crippen LogP contribution in [0.5, 0.6) is 0 Å². The minimum atomic E-state index is -1.72. The molecule has 0 heterocycles. The molecular formula is C17H14ClF3N4O4. The molecule has 2 N–H and O–H groups in total. The largest absolute Gasteiger partial charge is 0.325 e. The highest BCUT2D eigenvalue weighted by Crippen LogP contribution is 2.27. The number of halogens is 4. The van der Waals surface area contributed by atoms with Crippen LogP contribution < -0.4 is 10.6 Å². The van der Waals surface area contributed by atoms with Crippen molar-refractivity contribution >= 4 is 40.5 Å². The zero-order valence-electron chi connectivity index (χ0n) is 14.8. The molecule has 0 saturated heterocycles. The monoisotopic (exact) mass is 430 g/mol. The maximum absolute atomic E-state index is 13.6. The normalized spacial score (nSPS) is 10.7. The number of nitro benzene ring substituents is 1. The van der Waals surface area contributed by atoms with Gasteiger partial charge >= 0.3 is 0 Å². The first-order chi connectivity index (χ1) is 13.6. The molecule has 0 atom stereocenters. The third-order valence-electron chi connectivity index (χ3n) is 3.56. The van der Waals surface area contributed by atoms with E-state index in [1.807, 2.05) is 0 Å². The summed E-state index contributed by atoms with van der Waals surface area (Å²) in [5.74, 6) is -6.00. The van der Waals surface area contributed by atoms with E-state index in [1.54, 1.807) is 0 Å². The molecule has 0 radical (unpaired) electrons. The summed E-state index contributed by atoms with van der Waals surface area (Å²) in [5, 5.41) is 15.3. The quantitative estimate of drug-likeness (QED) is 0.399. The van der Waals surface area contributed by atoms with Crippen LogP contribution in [0.1, 0.15) is 0 Å². The van der Waals surface area contributed by atoms with E-state index < -0.39 is 39.9 Å². The average Bonchev–Trinajstić information content (AvgIpc) is 2.63. The van der Waals surface area contributed by atoms with Crippen LogP contribution in [0, 0.1) is 27.6 Å². The molecule has 2 aromatic carbocycles. The predicted molar refractivity (Wildman–Crippen MR) is 99.2 cm³/mol. The fourth-order valence-electron chi connectivity index (χ4n) is 2.29. The number of hydrogen-bond donors (Lipinski definition) is 2. The van der Waals surface area contributed by atoms with Gasteiger partial charge in [-0.15, -0.1) is 0 Å². The molecule has 0 aliphatic carbocycles. The highest BCUT2D eigenvalue weighted by Gasteiger charge is 2.18. The van der Waals surface area contributed by atoms with E-state index in [9.17, 15) is 32.9 Å². The molecule has 0 aromatic heterocycles. The van der Waals surface area contributed by atoms with Crippen molar-refractivity contribution in [3.8, 4) is 0 Å². The third kappa shape index (κ3) is 5.90. The highest BCUT2D eigenvalue weighted by molar-refractivity contribution is 6.32. The van der Waals surface area contributed by atoms with E-state index >= 15 is 0 Å². The van der Waals surface area contributed by atoms with Crippen LogP contribution in [0.15, 0.2) is 30.3 Å². The van der Waals surface area contributed by atoms with E-state index in [0.29, 0.717) is 6.07 Å². The topological polar surface area (TPSA) is 105 Å². The second kappa shape index (κ2) is 9.34. The van der Waals surface area contributed by atoms with Gasteiger partial charge in [-0.1, -0.05) is 11.6 Å². The van der Waals surface area contributed by atoms with Gasteiger partial charge in [-0.3, -0.25) is 24.6 Å². The summed E-state index contributed by atoms with van der Waals surface area (Å²) in [7, 11) is 1.41. The summed E-state index contributed by atoms with van der Waals surface area (Å²) in [4.78, 5) is 35.3. The zero-order chi connectivity index (χ0) is 21.7. The van der Waals surface area contributed by atoms with Gasteiger partial charge in [0.15, 0.2) is 17.5 Å². The van der Waals surface area contributed by atoms with Crippen molar-refractivity contribution in [2.75, 3.05) is 30.8 Å². The minimum Gasteiger partial charge on any atom is -0.325 e. The van der Waals surface area contributed by atoms with E-state index in [2.05, 4.69) is 10.6 Å². The number of nitrogens with one attached hydrogen (secondary N) is 2. The Morgan fingerprint density at radius 3 is 2.31 bits per heavy atom. The van der Waals surface area contributed by atoms with Crippen LogP contribution >= 0.6 is 11.6 Å². The van der Waals surface area contributed by atoms with Crippen molar-refractivity contribution in [2.45, 2.75) is 0 Å². The van der Waals surface area contributed by atoms with Gasteiger partial charge in [-0.2, -0.15) is 0 Å². The maximum Gasteiger partial charge on any atom is 0.289 e. The number of likely N-dealkylation sites (N-methyl/N-ethyl adjacent to an activating group) is 1. The van der Waals surface area contributed by atoms with Crippen LogP contribution in [0.4, 0.5) is 30.2 Å². The molecule has 0 unspecified atom stereocenters. The summed E-state index contributed by atoms with van der Waals surface area (Å²) >= 11 is 5.69. The van der Waals surface area contributed by atoms with Crippen molar-refractivity contribution in [2.24, 2.45) is 0 Å². The van der Waals surface area contributed by atoms with Gasteiger partial charge < -0.3 is 10.6 Å². The van der Waals surface area contributed by atoms with Gasteiger partial charge in [0, 0.05) is 11.8 Å². The maximum atomic E-state index is 13.6. The molecule has 0 aliphatic rings. The Kier molecular flexibility index (Phi) is 7.13. The molecule has 0 bridgehead atoms. The Balaban J connectivity index is 1.92. The molecule has 2 rings (SSSR count). The molecule has 0 fully saturated rings. The smallest absolute Gasteiger partial charge is 0.289 e. The number of anilines is 2. The van der Waals surface area contributed by atoms with Gasteiger partial charge in [-0.25, -0.2) is 13.2 Å². The van der Waals surface area contributed by atoms with Gasteiger partial charge in [0.1, 0.15) is 5.02 Å². The van der Waals surface area contributed by atoms with Crippen molar-refractivity contribution in [3.05, 3.63) is 62.9 Å². The van der Waals surface area contributed by atoms with E-state index in [-0.39, 0.29) is 29.5 Å². The lowest BCUT2D eigenvalue weighted by molar-refractivity contribution is -0.384. The van der Waals surface area contributed by atoms with Gasteiger partial charge in [-0.05, 0) is 31.3 Å². The average molecular weight is 431 g/mol. The number of carbonyl (C=O) groups is 2. The molecule has 2 amide bonds. The molecule has 154 valence electrons. The second-order valence-electron chi connectivity index (χ2n) is 5.91. The molecule has 29 heavy (non-hydrogen) atoms. The van der Waals surface area contributed by atoms with Gasteiger partial charge in [0.2, 0.25) is 11.8 Å². The summed E-state index contributed by atoms with van der Waals surface area (Å²) in [6, 6.07) is 5.23. The fourth-order valence-corrected chi connectivity index (χ4v) is 2.48. The molecule has 0 aliphatic heterocycles. The number of amides is 2. The number of carbonyl (C=O) groups excluding carboxylic acids is 2. The first kappa shape index (κ1) is 22.1. The minimum absolute atomic E-state index is 0.0914. The van der Waals surface area contributed by atoms with Gasteiger partial charge in [0.05, 0.1) is 23.7 Å². The number of rotatable bonds is 7. The van der Waals surface area contributed by atoms with Crippen molar-refractivity contribution in [1.29, 1.82) is 0 Å². The van der Waals surface area contributed by atoms with E-state index in [4.69, 9.17) is 11.6 Å². The number of nitro groups is 1. The van der Waals surface area contributed by atoms with Gasteiger partial charge in [0.25, 0.3) is 5.69 Å². The first-order valence-electron chi connectivity index (χ1n) is 7.94. The lowest BCUT2D eigenvalue weighted by Gasteiger charge is -2.16. The van der Waals surface area contributed by atoms with Crippen LogP contribution in [-0.2, 0) is 9.59 Å². The third-order valence-corrected chi connectivity index (χ3v) is 3.88. The molecule has 8 nitrogen and oxygen atoms in total. The predicted octanol–water partition coefficient (Wildman–Crippen LogP) is 3.17. The fraction of sp³-hybridized carbons (Fsp3) is 0.176. The van der Waals surface area contributed by atoms with E-state index in [0.717, 1.165) is 12.1 Å². The summed E-state index contributed by atoms with van der Waals surface area (Å²) in [6.07, 6.45) is 0. The Labute approximate surface area is 167 Å². The van der Waals surface area contributed by atoms with Crippen molar-refractivity contribution in [3.63, 3.8) is 0 Å². The second-order valence-corrected chi connectivity index (χ2v) is 6.32. The summed E-state index contributed by atoms with van der Waals surface area (Å²) in [5.41, 5.74) is -0.793.